The Balaban J connectivity index is 2.82. The predicted octanol–water partition coefficient (Wildman–Crippen LogP) is 1.69. The highest BCUT2D eigenvalue weighted by atomic mass is 79.9. The Hall–Kier alpha value is -0.630. The van der Waals surface area contributed by atoms with Crippen LogP contribution in [0.5, 0.6) is 0 Å². The summed E-state index contributed by atoms with van der Waals surface area (Å²) < 4.78 is 28.8. The molecule has 1 rings (SSSR count). The summed E-state index contributed by atoms with van der Waals surface area (Å²) in [7, 11) is -1.97. The van der Waals surface area contributed by atoms with Crippen LogP contribution in [-0.4, -0.2) is 32.9 Å². The predicted molar refractivity (Wildman–Crippen MR) is 77.7 cm³/mol. The SMILES string of the molecule is Cc1cc(Br)ccc1NS(=O)(=O)N(C)CCCN. The molecule has 18 heavy (non-hydrogen) atoms. The molecule has 0 heterocycles. The third-order valence-corrected chi connectivity index (χ3v) is 4.49. The highest BCUT2D eigenvalue weighted by molar-refractivity contribution is 9.10. The van der Waals surface area contributed by atoms with Gasteiger partial charge in [0.05, 0.1) is 5.69 Å². The van der Waals surface area contributed by atoms with E-state index in [1.165, 1.54) is 11.4 Å². The van der Waals surface area contributed by atoms with Gasteiger partial charge in [-0.15, -0.1) is 0 Å². The van der Waals surface area contributed by atoms with Crippen LogP contribution in [0.3, 0.4) is 0 Å². The average molecular weight is 336 g/mol. The van der Waals surface area contributed by atoms with E-state index >= 15 is 0 Å². The summed E-state index contributed by atoms with van der Waals surface area (Å²) in [5.74, 6) is 0. The first-order valence-electron chi connectivity index (χ1n) is 5.57. The van der Waals surface area contributed by atoms with Gasteiger partial charge >= 0.3 is 10.2 Å². The van der Waals surface area contributed by atoms with Crippen LogP contribution in [0, 0.1) is 6.92 Å². The Labute approximate surface area is 117 Å². The van der Waals surface area contributed by atoms with Crippen LogP contribution in [0.4, 0.5) is 5.69 Å². The zero-order valence-electron chi connectivity index (χ0n) is 10.5. The number of aryl methyl sites for hydroxylation is 1. The lowest BCUT2D eigenvalue weighted by molar-refractivity contribution is 0.468. The summed E-state index contributed by atoms with van der Waals surface area (Å²) in [5, 5.41) is 0. The third-order valence-electron chi connectivity index (χ3n) is 2.51. The van der Waals surface area contributed by atoms with Crippen LogP contribution in [0.15, 0.2) is 22.7 Å². The molecule has 3 N–H and O–H groups in total. The number of nitrogens with zero attached hydrogens (tertiary/aromatic N) is 1. The average Bonchev–Trinajstić information content (AvgIpc) is 2.29. The maximum Gasteiger partial charge on any atom is 0.301 e. The van der Waals surface area contributed by atoms with E-state index in [0.717, 1.165) is 10.0 Å². The van der Waals surface area contributed by atoms with E-state index in [4.69, 9.17) is 5.73 Å². The first kappa shape index (κ1) is 15.4. The van der Waals surface area contributed by atoms with Crippen molar-refractivity contribution in [2.75, 3.05) is 24.9 Å². The van der Waals surface area contributed by atoms with Crippen molar-refractivity contribution in [1.82, 2.24) is 4.31 Å². The van der Waals surface area contributed by atoms with Crippen LogP contribution in [-0.2, 0) is 10.2 Å². The molecule has 1 aromatic carbocycles. The molecule has 0 saturated heterocycles. The Bertz CT molecular complexity index is 505. The molecule has 102 valence electrons. The molecule has 0 atom stereocenters. The summed E-state index contributed by atoms with van der Waals surface area (Å²) >= 11 is 3.34. The molecule has 0 aromatic heterocycles. The summed E-state index contributed by atoms with van der Waals surface area (Å²) in [6.45, 7) is 2.72. The van der Waals surface area contributed by atoms with Crippen molar-refractivity contribution < 1.29 is 8.42 Å². The van der Waals surface area contributed by atoms with Crippen molar-refractivity contribution in [3.05, 3.63) is 28.2 Å². The monoisotopic (exact) mass is 335 g/mol. The quantitative estimate of drug-likeness (QED) is 0.830. The van der Waals surface area contributed by atoms with Crippen molar-refractivity contribution in [1.29, 1.82) is 0 Å². The van der Waals surface area contributed by atoms with E-state index in [1.54, 1.807) is 12.1 Å². The number of nitrogens with two attached hydrogens (primary N) is 1. The maximum absolute atomic E-state index is 12.0. The van der Waals surface area contributed by atoms with E-state index < -0.39 is 10.2 Å². The molecule has 0 aliphatic carbocycles. The van der Waals surface area contributed by atoms with Gasteiger partial charge in [0.25, 0.3) is 0 Å². The molecule has 0 fully saturated rings. The molecule has 0 aliphatic heterocycles. The van der Waals surface area contributed by atoms with E-state index in [0.29, 0.717) is 25.2 Å². The number of anilines is 1. The van der Waals surface area contributed by atoms with Crippen molar-refractivity contribution in [3.63, 3.8) is 0 Å². The number of rotatable bonds is 6. The number of halogens is 1. The van der Waals surface area contributed by atoms with Gasteiger partial charge < -0.3 is 5.73 Å². The summed E-state index contributed by atoms with van der Waals surface area (Å²) in [6, 6.07) is 5.39. The van der Waals surface area contributed by atoms with Gasteiger partial charge in [-0.1, -0.05) is 15.9 Å². The van der Waals surface area contributed by atoms with Crippen LogP contribution >= 0.6 is 15.9 Å². The molecule has 7 heteroatoms. The van der Waals surface area contributed by atoms with Gasteiger partial charge in [-0.25, -0.2) is 0 Å². The Kier molecular flexibility index (Phi) is 5.58. The number of hydrogen-bond donors (Lipinski definition) is 2. The molecule has 0 amide bonds. The molecule has 0 aliphatic rings. The van der Waals surface area contributed by atoms with Crippen molar-refractivity contribution in [3.8, 4) is 0 Å². The van der Waals surface area contributed by atoms with Crippen LogP contribution < -0.4 is 10.5 Å². The van der Waals surface area contributed by atoms with E-state index in [2.05, 4.69) is 20.7 Å². The molecule has 5 nitrogen and oxygen atoms in total. The highest BCUT2D eigenvalue weighted by Gasteiger charge is 2.17. The van der Waals surface area contributed by atoms with Gasteiger partial charge in [0.2, 0.25) is 0 Å². The van der Waals surface area contributed by atoms with Gasteiger partial charge in [-0.05, 0) is 43.7 Å². The minimum absolute atomic E-state index is 0.404. The zero-order valence-corrected chi connectivity index (χ0v) is 12.9. The van der Waals surface area contributed by atoms with E-state index in [1.807, 2.05) is 13.0 Å². The second kappa shape index (κ2) is 6.51. The largest absolute Gasteiger partial charge is 0.330 e. The number of benzene rings is 1. The fraction of sp³-hybridized carbons (Fsp3) is 0.455. The van der Waals surface area contributed by atoms with Crippen LogP contribution in [0.1, 0.15) is 12.0 Å². The first-order valence-corrected chi connectivity index (χ1v) is 7.80. The van der Waals surface area contributed by atoms with E-state index in [9.17, 15) is 8.42 Å². The summed E-state index contributed by atoms with van der Waals surface area (Å²) in [5.41, 5.74) is 6.81. The third kappa shape index (κ3) is 4.24. The second-order valence-corrected chi connectivity index (χ2v) is 6.72. The van der Waals surface area contributed by atoms with Crippen molar-refractivity contribution in [2.45, 2.75) is 13.3 Å². The normalized spacial score (nSPS) is 11.8. The topological polar surface area (TPSA) is 75.4 Å². The zero-order chi connectivity index (χ0) is 13.8. The molecular formula is C11H18BrN3O2S. The molecule has 0 radical (unpaired) electrons. The minimum Gasteiger partial charge on any atom is -0.330 e. The molecule has 0 bridgehead atoms. The first-order chi connectivity index (χ1) is 8.36. The second-order valence-electron chi connectivity index (χ2n) is 4.03. The summed E-state index contributed by atoms with van der Waals surface area (Å²) in [6.07, 6.45) is 0.636. The van der Waals surface area contributed by atoms with E-state index in [-0.39, 0.29) is 0 Å². The fourth-order valence-electron chi connectivity index (χ4n) is 1.39. The number of nitrogens with one attached hydrogen (secondary N) is 1. The minimum atomic E-state index is -3.51. The van der Waals surface area contributed by atoms with Crippen LogP contribution in [0.25, 0.3) is 0 Å². The fourth-order valence-corrected chi connectivity index (χ4v) is 2.90. The molecule has 0 unspecified atom stereocenters. The van der Waals surface area contributed by atoms with Crippen molar-refractivity contribution in [2.24, 2.45) is 5.73 Å². The Morgan fingerprint density at radius 3 is 2.67 bits per heavy atom. The maximum atomic E-state index is 12.0. The molecule has 1 aromatic rings. The standard InChI is InChI=1S/C11H18BrN3O2S/c1-9-8-10(12)4-5-11(9)14-18(16,17)15(2)7-3-6-13/h4-5,8,14H,3,6-7,13H2,1-2H3. The molecule has 0 spiro atoms. The lowest BCUT2D eigenvalue weighted by Gasteiger charge is -2.19. The van der Waals surface area contributed by atoms with Crippen molar-refractivity contribution >= 4 is 31.8 Å². The van der Waals surface area contributed by atoms with Gasteiger partial charge in [-0.2, -0.15) is 12.7 Å². The molecule has 0 saturated carbocycles. The van der Waals surface area contributed by atoms with Gasteiger partial charge in [-0.3, -0.25) is 4.72 Å². The molecular weight excluding hydrogens is 318 g/mol. The highest BCUT2D eigenvalue weighted by Crippen LogP contribution is 2.21. The Morgan fingerprint density at radius 2 is 2.11 bits per heavy atom. The lowest BCUT2D eigenvalue weighted by Crippen LogP contribution is -2.34. The smallest absolute Gasteiger partial charge is 0.301 e. The summed E-state index contributed by atoms with van der Waals surface area (Å²) in [4.78, 5) is 0. The number of hydrogen-bond acceptors (Lipinski definition) is 3. The van der Waals surface area contributed by atoms with Gasteiger partial charge in [0.15, 0.2) is 0 Å². The lowest BCUT2D eigenvalue weighted by atomic mass is 10.2. The van der Waals surface area contributed by atoms with Gasteiger partial charge in [0.1, 0.15) is 0 Å². The van der Waals surface area contributed by atoms with Crippen LogP contribution in [0.2, 0.25) is 0 Å². The Morgan fingerprint density at radius 1 is 1.44 bits per heavy atom. The van der Waals surface area contributed by atoms with Gasteiger partial charge in [0, 0.05) is 18.1 Å².